The van der Waals surface area contributed by atoms with Gasteiger partial charge in [-0.25, -0.2) is 19.0 Å². The van der Waals surface area contributed by atoms with Crippen LogP contribution >= 0.6 is 27.5 Å². The highest BCUT2D eigenvalue weighted by molar-refractivity contribution is 9.10. The number of piperazine rings is 1. The minimum atomic E-state index is -0.701. The smallest absolute Gasteiger partial charge is 0.410 e. The van der Waals surface area contributed by atoms with Crippen molar-refractivity contribution in [3.8, 4) is 5.88 Å². The molecule has 0 aliphatic carbocycles. The average Bonchev–Trinajstić information content (AvgIpc) is 2.85. The van der Waals surface area contributed by atoms with Crippen molar-refractivity contribution < 1.29 is 23.5 Å². The predicted molar refractivity (Wildman–Crippen MR) is 143 cm³/mol. The van der Waals surface area contributed by atoms with E-state index >= 15 is 4.39 Å². The molecular formula is C24H24BrClFN7O4. The van der Waals surface area contributed by atoms with Crippen LogP contribution in [-0.4, -0.2) is 71.9 Å². The summed E-state index contributed by atoms with van der Waals surface area (Å²) in [6.45, 7) is 7.81. The number of hydrogen-bond donors (Lipinski definition) is 0. The monoisotopic (exact) mass is 607 g/mol. The van der Waals surface area contributed by atoms with Gasteiger partial charge < -0.3 is 24.2 Å². The zero-order chi connectivity index (χ0) is 27.5. The Morgan fingerprint density at radius 1 is 1.39 bits per heavy atom. The number of rotatable bonds is 2. The summed E-state index contributed by atoms with van der Waals surface area (Å²) in [5.41, 5.74) is 9.47. The second kappa shape index (κ2) is 9.50. The summed E-state index contributed by atoms with van der Waals surface area (Å²) in [6, 6.07) is 0.692. The van der Waals surface area contributed by atoms with E-state index in [4.69, 9.17) is 26.6 Å². The Kier molecular flexibility index (Phi) is 6.59. The van der Waals surface area contributed by atoms with Crippen LogP contribution in [0.2, 0.25) is 5.02 Å². The van der Waals surface area contributed by atoms with Gasteiger partial charge in [-0.2, -0.15) is 0 Å². The van der Waals surface area contributed by atoms with Gasteiger partial charge in [0, 0.05) is 22.9 Å². The van der Waals surface area contributed by atoms with Crippen molar-refractivity contribution in [2.24, 2.45) is 5.11 Å². The molecule has 14 heteroatoms. The van der Waals surface area contributed by atoms with Gasteiger partial charge in [0.2, 0.25) is 5.88 Å². The van der Waals surface area contributed by atoms with E-state index < -0.39 is 29.7 Å². The molecule has 3 aliphatic heterocycles. The Labute approximate surface area is 230 Å². The molecule has 1 aromatic heterocycles. The summed E-state index contributed by atoms with van der Waals surface area (Å²) >= 11 is 9.55. The molecule has 3 aliphatic rings. The van der Waals surface area contributed by atoms with Crippen molar-refractivity contribution >= 4 is 61.8 Å². The fourth-order valence-electron chi connectivity index (χ4n) is 5.14. The average molecular weight is 609 g/mol. The van der Waals surface area contributed by atoms with E-state index in [0.717, 1.165) is 0 Å². The van der Waals surface area contributed by atoms with E-state index in [1.54, 1.807) is 36.6 Å². The highest BCUT2D eigenvalue weighted by Gasteiger charge is 2.48. The molecule has 2 aromatic rings. The second-order valence-corrected chi connectivity index (χ2v) is 11.6. The maximum absolute atomic E-state index is 15.4. The Bertz CT molecular complexity index is 1450. The number of azide groups is 1. The zero-order valence-corrected chi connectivity index (χ0v) is 23.4. The number of nitrogens with zero attached hydrogens (tertiary/aromatic N) is 7. The third-order valence-corrected chi connectivity index (χ3v) is 7.98. The molecule has 0 N–H and O–H groups in total. The Balaban J connectivity index is 1.71. The van der Waals surface area contributed by atoms with Gasteiger partial charge in [0.1, 0.15) is 34.5 Å². The molecule has 0 bridgehead atoms. The van der Waals surface area contributed by atoms with Crippen LogP contribution in [0.1, 0.15) is 27.7 Å². The van der Waals surface area contributed by atoms with Gasteiger partial charge in [-0.1, -0.05) is 16.7 Å². The number of aromatic nitrogens is 1. The summed E-state index contributed by atoms with van der Waals surface area (Å²) < 4.78 is 27.2. The minimum absolute atomic E-state index is 0.0268. The number of hydrogen-bond acceptors (Lipinski definition) is 8. The van der Waals surface area contributed by atoms with Crippen molar-refractivity contribution in [3.63, 3.8) is 0 Å². The number of fused-ring (bicyclic) bond motifs is 4. The molecule has 1 aromatic carbocycles. The summed E-state index contributed by atoms with van der Waals surface area (Å²) in [6.07, 6.45) is -1.16. The SMILES string of the molecule is C[C@@H]1CN2c3c4c(nc5c(F)c(Br)c(Cl)cc35)O[C@H](CN=[N+]=[N-])CN4C(=C=O)[C@H]2CN1C(=O)OC(C)(C)C. The molecule has 1 saturated heterocycles. The van der Waals surface area contributed by atoms with Gasteiger partial charge in [0.05, 0.1) is 40.9 Å². The number of pyridine rings is 1. The molecule has 5 rings (SSSR count). The molecule has 0 saturated carbocycles. The highest BCUT2D eigenvalue weighted by Crippen LogP contribution is 2.52. The minimum Gasteiger partial charge on any atom is -0.471 e. The van der Waals surface area contributed by atoms with Crippen molar-refractivity contribution in [2.75, 3.05) is 36.0 Å². The van der Waals surface area contributed by atoms with Gasteiger partial charge >= 0.3 is 6.09 Å². The number of carbonyl (C=O) groups is 1. The van der Waals surface area contributed by atoms with Gasteiger partial charge in [-0.15, -0.1) is 0 Å². The summed E-state index contributed by atoms with van der Waals surface area (Å²) in [4.78, 5) is 38.0. The zero-order valence-electron chi connectivity index (χ0n) is 21.0. The number of benzene rings is 1. The van der Waals surface area contributed by atoms with Gasteiger partial charge in [0.15, 0.2) is 5.82 Å². The van der Waals surface area contributed by atoms with Crippen LogP contribution in [0.5, 0.6) is 5.88 Å². The molecule has 38 heavy (non-hydrogen) atoms. The molecule has 0 unspecified atom stereocenters. The lowest BCUT2D eigenvalue weighted by atomic mass is 9.95. The molecule has 0 radical (unpaired) electrons. The number of halogens is 3. The highest BCUT2D eigenvalue weighted by atomic mass is 79.9. The van der Waals surface area contributed by atoms with Crippen LogP contribution in [0.15, 0.2) is 21.4 Å². The van der Waals surface area contributed by atoms with Gasteiger partial charge in [-0.05, 0) is 55.2 Å². The van der Waals surface area contributed by atoms with Crippen LogP contribution in [-0.2, 0) is 9.53 Å². The van der Waals surface area contributed by atoms with Crippen molar-refractivity contribution in [1.82, 2.24) is 9.88 Å². The van der Waals surface area contributed by atoms with E-state index in [0.29, 0.717) is 23.3 Å². The quantitative estimate of drug-likeness (QED) is 0.151. The Hall–Kier alpha value is -3.24. The van der Waals surface area contributed by atoms with Crippen molar-refractivity contribution in [3.05, 3.63) is 37.5 Å². The number of amides is 1. The fourth-order valence-corrected chi connectivity index (χ4v) is 5.64. The van der Waals surface area contributed by atoms with E-state index in [1.807, 2.05) is 11.8 Å². The maximum Gasteiger partial charge on any atom is 0.410 e. The second-order valence-electron chi connectivity index (χ2n) is 10.4. The van der Waals surface area contributed by atoms with Crippen LogP contribution in [0, 0.1) is 5.82 Å². The topological polar surface area (TPSA) is 124 Å². The summed E-state index contributed by atoms with van der Waals surface area (Å²) in [7, 11) is 0. The van der Waals surface area contributed by atoms with Crippen LogP contribution < -0.4 is 14.5 Å². The molecule has 11 nitrogen and oxygen atoms in total. The number of anilines is 2. The largest absolute Gasteiger partial charge is 0.471 e. The first-order chi connectivity index (χ1) is 17.9. The fraction of sp³-hybridized carbons (Fsp3) is 0.500. The number of carbonyl (C=O) groups excluding carboxylic acids is 2. The van der Waals surface area contributed by atoms with Crippen LogP contribution in [0.4, 0.5) is 20.6 Å². The molecule has 0 spiro atoms. The third kappa shape index (κ3) is 4.29. The summed E-state index contributed by atoms with van der Waals surface area (Å²) in [5.74, 6) is 1.50. The van der Waals surface area contributed by atoms with Gasteiger partial charge in [-0.3, -0.25) is 0 Å². The van der Waals surface area contributed by atoms with E-state index in [1.165, 1.54) is 0 Å². The predicted octanol–water partition coefficient (Wildman–Crippen LogP) is 5.21. The third-order valence-electron chi connectivity index (χ3n) is 6.68. The van der Waals surface area contributed by atoms with Crippen LogP contribution in [0.25, 0.3) is 21.3 Å². The normalized spacial score (nSPS) is 22.2. The van der Waals surface area contributed by atoms with Crippen LogP contribution in [0.3, 0.4) is 0 Å². The van der Waals surface area contributed by atoms with Gasteiger partial charge in [0.25, 0.3) is 0 Å². The first-order valence-electron chi connectivity index (χ1n) is 11.9. The lowest BCUT2D eigenvalue weighted by Crippen LogP contribution is -2.64. The molecule has 200 valence electrons. The number of ether oxygens (including phenoxy) is 2. The van der Waals surface area contributed by atoms with Crippen molar-refractivity contribution in [2.45, 2.75) is 51.5 Å². The maximum atomic E-state index is 15.4. The molecule has 3 atom stereocenters. The Morgan fingerprint density at radius 3 is 2.79 bits per heavy atom. The lowest BCUT2D eigenvalue weighted by Gasteiger charge is -2.53. The standard InChI is InChI=1S/C24H24BrClFN7O4/c1-11-7-33-15(9-32(11)23(36)38-24(2,3)4)16(10-35)34-8-12(6-29-31-28)37-22-21(34)20(33)13-5-14(26)17(25)18(27)19(13)30-22/h5,11-12,15H,6-9H2,1-4H3/t11-,12-,15-/m1/s1. The molecular weight excluding hydrogens is 585 g/mol. The van der Waals surface area contributed by atoms with Crippen molar-refractivity contribution in [1.29, 1.82) is 0 Å². The van der Waals surface area contributed by atoms with E-state index in [-0.39, 0.29) is 52.3 Å². The van der Waals surface area contributed by atoms with E-state index in [2.05, 4.69) is 36.9 Å². The summed E-state index contributed by atoms with van der Waals surface area (Å²) in [5, 5.41) is 4.20. The lowest BCUT2D eigenvalue weighted by molar-refractivity contribution is 0.0133. The molecule has 4 heterocycles. The first-order valence-corrected chi connectivity index (χ1v) is 13.1. The molecule has 1 fully saturated rings. The van der Waals surface area contributed by atoms with E-state index in [9.17, 15) is 9.59 Å². The Morgan fingerprint density at radius 2 is 2.13 bits per heavy atom. The first kappa shape index (κ1) is 26.4. The molecule has 1 amide bonds.